The van der Waals surface area contributed by atoms with Gasteiger partial charge in [0.2, 0.25) is 0 Å². The molecule has 94 valence electrons. The first-order valence-electron chi connectivity index (χ1n) is 5.55. The molecule has 0 radical (unpaired) electrons. The lowest BCUT2D eigenvalue weighted by molar-refractivity contribution is 0.691. The lowest BCUT2D eigenvalue weighted by atomic mass is 10.2. The van der Waals surface area contributed by atoms with Gasteiger partial charge in [0.15, 0.2) is 0 Å². The first kappa shape index (κ1) is 14.1. The molecular formula is C14H12Br2ClN. The molecule has 2 aromatic rings. The molecule has 18 heavy (non-hydrogen) atoms. The van der Waals surface area contributed by atoms with Crippen LogP contribution in [0.3, 0.4) is 0 Å². The molecule has 0 aromatic heterocycles. The summed E-state index contributed by atoms with van der Waals surface area (Å²) in [5.41, 5.74) is 2.43. The van der Waals surface area contributed by atoms with Crippen LogP contribution in [0.5, 0.6) is 0 Å². The van der Waals surface area contributed by atoms with Crippen LogP contribution in [-0.4, -0.2) is 0 Å². The second-order valence-corrected chi connectivity index (χ2v) is 6.06. The Bertz CT molecular complexity index is 543. The van der Waals surface area contributed by atoms with Crippen LogP contribution in [0, 0.1) is 0 Å². The molecule has 0 amide bonds. The van der Waals surface area contributed by atoms with Crippen LogP contribution in [0.25, 0.3) is 0 Å². The predicted molar refractivity (Wildman–Crippen MR) is 83.8 cm³/mol. The summed E-state index contributed by atoms with van der Waals surface area (Å²) in [4.78, 5) is 0. The minimum atomic E-state index is 0.746. The van der Waals surface area contributed by atoms with Gasteiger partial charge < -0.3 is 5.32 Å². The van der Waals surface area contributed by atoms with Crippen LogP contribution in [0.2, 0.25) is 5.02 Å². The van der Waals surface area contributed by atoms with E-state index in [1.165, 1.54) is 11.1 Å². The molecule has 2 rings (SSSR count). The highest BCUT2D eigenvalue weighted by atomic mass is 79.9. The van der Waals surface area contributed by atoms with Gasteiger partial charge in [-0.05, 0) is 45.3 Å². The Balaban J connectivity index is 1.92. The van der Waals surface area contributed by atoms with Crippen molar-refractivity contribution >= 4 is 43.5 Å². The lowest BCUT2D eigenvalue weighted by Gasteiger charge is -2.07. The maximum absolute atomic E-state index is 6.05. The maximum Gasteiger partial charge on any atom is 0.0551 e. The van der Waals surface area contributed by atoms with Gasteiger partial charge in [0.25, 0.3) is 0 Å². The highest BCUT2D eigenvalue weighted by Gasteiger charge is 2.00. The molecule has 0 atom stereocenters. The standard InChI is InChI=1S/C14H12Br2ClN/c15-12-4-2-1-3-11(12)9-18-8-10-5-6-13(16)14(17)7-10/h1-7,18H,8-9H2. The zero-order chi connectivity index (χ0) is 13.0. The highest BCUT2D eigenvalue weighted by molar-refractivity contribution is 9.10. The van der Waals surface area contributed by atoms with Crippen molar-refractivity contribution in [2.75, 3.05) is 0 Å². The largest absolute Gasteiger partial charge is 0.309 e. The number of benzene rings is 2. The Hall–Kier alpha value is -0.350. The van der Waals surface area contributed by atoms with E-state index in [0.29, 0.717) is 0 Å². The molecule has 0 aliphatic rings. The van der Waals surface area contributed by atoms with E-state index in [-0.39, 0.29) is 0 Å². The van der Waals surface area contributed by atoms with E-state index in [0.717, 1.165) is 27.1 Å². The molecule has 0 aliphatic carbocycles. The van der Waals surface area contributed by atoms with Crippen molar-refractivity contribution in [2.24, 2.45) is 0 Å². The van der Waals surface area contributed by atoms with E-state index in [9.17, 15) is 0 Å². The van der Waals surface area contributed by atoms with Crippen molar-refractivity contribution in [3.63, 3.8) is 0 Å². The quantitative estimate of drug-likeness (QED) is 0.762. The molecule has 2 aromatic carbocycles. The zero-order valence-corrected chi connectivity index (χ0v) is 13.5. The normalized spacial score (nSPS) is 10.6. The zero-order valence-electron chi connectivity index (χ0n) is 9.59. The molecule has 0 heterocycles. The number of nitrogens with one attached hydrogen (secondary N) is 1. The van der Waals surface area contributed by atoms with Crippen molar-refractivity contribution in [3.05, 3.63) is 67.6 Å². The van der Waals surface area contributed by atoms with Crippen molar-refractivity contribution in [3.8, 4) is 0 Å². The van der Waals surface area contributed by atoms with Gasteiger partial charge >= 0.3 is 0 Å². The Kier molecular flexibility index (Phi) is 5.25. The summed E-state index contributed by atoms with van der Waals surface area (Å²) >= 11 is 13.0. The number of halogens is 3. The summed E-state index contributed by atoms with van der Waals surface area (Å²) < 4.78 is 2.06. The Labute approximate surface area is 129 Å². The van der Waals surface area contributed by atoms with Gasteiger partial charge in [-0.3, -0.25) is 0 Å². The minimum Gasteiger partial charge on any atom is -0.309 e. The van der Waals surface area contributed by atoms with Gasteiger partial charge in [-0.2, -0.15) is 0 Å². The minimum absolute atomic E-state index is 0.746. The van der Waals surface area contributed by atoms with Crippen LogP contribution in [0.15, 0.2) is 51.4 Å². The molecule has 0 saturated carbocycles. The Morgan fingerprint density at radius 1 is 0.944 bits per heavy atom. The number of hydrogen-bond acceptors (Lipinski definition) is 1. The van der Waals surface area contributed by atoms with Gasteiger partial charge in [0.05, 0.1) is 5.02 Å². The summed E-state index contributed by atoms with van der Waals surface area (Å²) in [7, 11) is 0. The third-order valence-electron chi connectivity index (χ3n) is 2.59. The van der Waals surface area contributed by atoms with Crippen LogP contribution >= 0.6 is 43.5 Å². The predicted octanol–water partition coefficient (Wildman–Crippen LogP) is 5.15. The first-order valence-corrected chi connectivity index (χ1v) is 7.51. The van der Waals surface area contributed by atoms with E-state index in [4.69, 9.17) is 11.6 Å². The summed E-state index contributed by atoms with van der Waals surface area (Å²) in [6.45, 7) is 1.63. The first-order chi connectivity index (χ1) is 8.66. The molecule has 4 heteroatoms. The molecule has 0 unspecified atom stereocenters. The Morgan fingerprint density at radius 3 is 2.44 bits per heavy atom. The van der Waals surface area contributed by atoms with Crippen molar-refractivity contribution in [1.29, 1.82) is 0 Å². The van der Waals surface area contributed by atoms with Gasteiger partial charge in [0.1, 0.15) is 0 Å². The monoisotopic (exact) mass is 387 g/mol. The molecule has 0 aliphatic heterocycles. The topological polar surface area (TPSA) is 12.0 Å². The maximum atomic E-state index is 6.05. The average molecular weight is 390 g/mol. The third-order valence-corrected chi connectivity index (χ3v) is 4.59. The van der Waals surface area contributed by atoms with Crippen molar-refractivity contribution in [2.45, 2.75) is 13.1 Å². The summed E-state index contributed by atoms with van der Waals surface area (Å²) in [6, 6.07) is 14.2. The fourth-order valence-electron chi connectivity index (χ4n) is 1.63. The number of rotatable bonds is 4. The average Bonchev–Trinajstić information content (AvgIpc) is 2.36. The summed E-state index contributed by atoms with van der Waals surface area (Å²) in [6.07, 6.45) is 0. The van der Waals surface area contributed by atoms with Gasteiger partial charge in [-0.25, -0.2) is 0 Å². The fraction of sp³-hybridized carbons (Fsp3) is 0.143. The second-order valence-electron chi connectivity index (χ2n) is 3.94. The van der Waals surface area contributed by atoms with Gasteiger partial charge in [-0.15, -0.1) is 0 Å². The Morgan fingerprint density at radius 2 is 1.72 bits per heavy atom. The molecule has 1 N–H and O–H groups in total. The molecule has 0 spiro atoms. The molecule has 0 bridgehead atoms. The lowest BCUT2D eigenvalue weighted by Crippen LogP contribution is -2.12. The van der Waals surface area contributed by atoms with E-state index in [1.54, 1.807) is 0 Å². The second kappa shape index (κ2) is 6.71. The molecule has 0 saturated heterocycles. The summed E-state index contributed by atoms with van der Waals surface area (Å²) in [5.74, 6) is 0. The van der Waals surface area contributed by atoms with Crippen LogP contribution in [0.1, 0.15) is 11.1 Å². The highest BCUT2D eigenvalue weighted by Crippen LogP contribution is 2.23. The summed E-state index contributed by atoms with van der Waals surface area (Å²) in [5, 5.41) is 4.15. The number of hydrogen-bond donors (Lipinski definition) is 1. The van der Waals surface area contributed by atoms with E-state index in [1.807, 2.05) is 30.3 Å². The van der Waals surface area contributed by atoms with Crippen LogP contribution in [0.4, 0.5) is 0 Å². The van der Waals surface area contributed by atoms with E-state index < -0.39 is 0 Å². The van der Waals surface area contributed by atoms with Crippen LogP contribution < -0.4 is 5.32 Å². The molecule has 1 nitrogen and oxygen atoms in total. The van der Waals surface area contributed by atoms with Gasteiger partial charge in [0, 0.05) is 22.0 Å². The van der Waals surface area contributed by atoms with Crippen molar-refractivity contribution < 1.29 is 0 Å². The van der Waals surface area contributed by atoms with Crippen LogP contribution in [-0.2, 0) is 13.1 Å². The molecule has 0 fully saturated rings. The van der Waals surface area contributed by atoms with Crippen molar-refractivity contribution in [1.82, 2.24) is 5.32 Å². The third kappa shape index (κ3) is 3.82. The molecular weight excluding hydrogens is 377 g/mol. The smallest absolute Gasteiger partial charge is 0.0551 e. The van der Waals surface area contributed by atoms with Gasteiger partial charge in [-0.1, -0.05) is 51.8 Å². The fourth-order valence-corrected chi connectivity index (χ4v) is 2.51. The SMILES string of the molecule is Clc1cc(CNCc2ccccc2Br)ccc1Br. The van der Waals surface area contributed by atoms with E-state index in [2.05, 4.69) is 49.3 Å². The van der Waals surface area contributed by atoms with E-state index >= 15 is 0 Å².